The number of nitrogens with one attached hydrogen (secondary N) is 2. The van der Waals surface area contributed by atoms with E-state index in [4.69, 9.17) is 5.11 Å². The Morgan fingerprint density at radius 3 is 2.59 bits per heavy atom. The molecule has 4 atom stereocenters. The van der Waals surface area contributed by atoms with Crippen LogP contribution in [0.4, 0.5) is 0 Å². The first kappa shape index (κ1) is 13.9. The van der Waals surface area contributed by atoms with Gasteiger partial charge in [0.1, 0.15) is 0 Å². The van der Waals surface area contributed by atoms with Crippen molar-refractivity contribution in [3.8, 4) is 0 Å². The topological polar surface area (TPSA) is 98.7 Å². The van der Waals surface area contributed by atoms with Crippen molar-refractivity contribution in [2.75, 3.05) is 6.54 Å². The highest BCUT2D eigenvalue weighted by molar-refractivity contribution is 5.87. The molecule has 1 saturated heterocycles. The molecule has 17 heavy (non-hydrogen) atoms. The van der Waals surface area contributed by atoms with Crippen molar-refractivity contribution in [2.24, 2.45) is 5.92 Å². The number of aliphatic carboxylic acids is 1. The summed E-state index contributed by atoms with van der Waals surface area (Å²) in [5.74, 6) is -1.41. The second kappa shape index (κ2) is 5.97. The lowest BCUT2D eigenvalue weighted by molar-refractivity contribution is -0.145. The molecule has 6 heteroatoms. The van der Waals surface area contributed by atoms with Gasteiger partial charge in [0, 0.05) is 0 Å². The number of hydrogen-bond acceptors (Lipinski definition) is 4. The predicted molar refractivity (Wildman–Crippen MR) is 61.4 cm³/mol. The molecular weight excluding hydrogens is 224 g/mol. The van der Waals surface area contributed by atoms with Crippen molar-refractivity contribution >= 4 is 11.9 Å². The number of aliphatic hydroxyl groups is 1. The minimum atomic E-state index is -1.25. The van der Waals surface area contributed by atoms with Crippen molar-refractivity contribution in [3.63, 3.8) is 0 Å². The van der Waals surface area contributed by atoms with E-state index in [9.17, 15) is 14.7 Å². The number of carboxylic acids is 1. The molecule has 0 aliphatic carbocycles. The summed E-state index contributed by atoms with van der Waals surface area (Å²) >= 11 is 0. The van der Waals surface area contributed by atoms with Gasteiger partial charge in [0.25, 0.3) is 0 Å². The highest BCUT2D eigenvalue weighted by Gasteiger charge is 2.32. The minimum absolute atomic E-state index is 0.173. The number of amides is 1. The molecular formula is C11H20N2O4. The van der Waals surface area contributed by atoms with E-state index >= 15 is 0 Å². The SMILES string of the molecule is CC1CCCNC1C(=O)N[C@H](C(=O)O)[C@@H](C)O. The summed E-state index contributed by atoms with van der Waals surface area (Å²) in [6.07, 6.45) is 0.844. The average Bonchev–Trinajstić information content (AvgIpc) is 2.25. The molecule has 1 heterocycles. The summed E-state index contributed by atoms with van der Waals surface area (Å²) in [6.45, 7) is 4.06. The summed E-state index contributed by atoms with van der Waals surface area (Å²) < 4.78 is 0. The van der Waals surface area contributed by atoms with Crippen LogP contribution < -0.4 is 10.6 Å². The number of carbonyl (C=O) groups excluding carboxylic acids is 1. The van der Waals surface area contributed by atoms with E-state index in [0.29, 0.717) is 0 Å². The lowest BCUT2D eigenvalue weighted by atomic mass is 9.92. The number of carbonyl (C=O) groups is 2. The second-order valence-corrected chi connectivity index (χ2v) is 4.62. The van der Waals surface area contributed by atoms with Gasteiger partial charge in [-0.05, 0) is 32.2 Å². The van der Waals surface area contributed by atoms with Crippen LogP contribution in [0.2, 0.25) is 0 Å². The molecule has 0 aromatic carbocycles. The molecule has 0 aromatic heterocycles. The van der Waals surface area contributed by atoms with Gasteiger partial charge in [-0.25, -0.2) is 4.79 Å². The van der Waals surface area contributed by atoms with Crippen LogP contribution in [0, 0.1) is 5.92 Å². The van der Waals surface area contributed by atoms with Crippen LogP contribution in [-0.4, -0.2) is 46.8 Å². The summed E-state index contributed by atoms with van der Waals surface area (Å²) in [7, 11) is 0. The fraction of sp³-hybridized carbons (Fsp3) is 0.818. The molecule has 0 radical (unpaired) electrons. The van der Waals surface area contributed by atoms with Crippen molar-refractivity contribution in [1.82, 2.24) is 10.6 Å². The smallest absolute Gasteiger partial charge is 0.328 e. The van der Waals surface area contributed by atoms with Crippen LogP contribution in [-0.2, 0) is 9.59 Å². The molecule has 0 saturated carbocycles. The van der Waals surface area contributed by atoms with E-state index in [1.54, 1.807) is 0 Å². The van der Waals surface area contributed by atoms with Crippen molar-refractivity contribution < 1.29 is 19.8 Å². The number of rotatable bonds is 4. The van der Waals surface area contributed by atoms with E-state index in [0.717, 1.165) is 19.4 Å². The third-order valence-electron chi connectivity index (χ3n) is 3.10. The molecule has 0 aromatic rings. The maximum atomic E-state index is 11.9. The second-order valence-electron chi connectivity index (χ2n) is 4.62. The van der Waals surface area contributed by atoms with E-state index in [1.165, 1.54) is 6.92 Å². The van der Waals surface area contributed by atoms with Crippen LogP contribution in [0.5, 0.6) is 0 Å². The lowest BCUT2D eigenvalue weighted by Gasteiger charge is -2.30. The molecule has 1 rings (SSSR count). The van der Waals surface area contributed by atoms with Gasteiger partial charge >= 0.3 is 5.97 Å². The highest BCUT2D eigenvalue weighted by Crippen LogP contribution is 2.15. The molecule has 2 unspecified atom stereocenters. The maximum absolute atomic E-state index is 11.9. The first-order valence-electron chi connectivity index (χ1n) is 5.88. The fourth-order valence-corrected chi connectivity index (χ4v) is 2.03. The first-order valence-corrected chi connectivity index (χ1v) is 5.88. The van der Waals surface area contributed by atoms with Gasteiger partial charge in [0.05, 0.1) is 12.1 Å². The average molecular weight is 244 g/mol. The van der Waals surface area contributed by atoms with E-state index in [1.807, 2.05) is 6.92 Å². The molecule has 0 bridgehead atoms. The summed E-state index contributed by atoms with van der Waals surface area (Å²) in [5, 5.41) is 23.6. The monoisotopic (exact) mass is 244 g/mol. The third-order valence-corrected chi connectivity index (χ3v) is 3.10. The molecule has 98 valence electrons. The molecule has 6 nitrogen and oxygen atoms in total. The Morgan fingerprint density at radius 1 is 1.47 bits per heavy atom. The van der Waals surface area contributed by atoms with Gasteiger partial charge < -0.3 is 20.8 Å². The van der Waals surface area contributed by atoms with Crippen LogP contribution in [0.25, 0.3) is 0 Å². The van der Waals surface area contributed by atoms with Gasteiger partial charge in [-0.1, -0.05) is 6.92 Å². The summed E-state index contributed by atoms with van der Waals surface area (Å²) in [5.41, 5.74) is 0. The lowest BCUT2D eigenvalue weighted by Crippen LogP contribution is -2.56. The Labute approximate surface area is 100 Å². The Hall–Kier alpha value is -1.14. The van der Waals surface area contributed by atoms with E-state index in [-0.39, 0.29) is 17.9 Å². The molecule has 1 fully saturated rings. The van der Waals surface area contributed by atoms with E-state index in [2.05, 4.69) is 10.6 Å². The Kier molecular flexibility index (Phi) is 4.89. The largest absolute Gasteiger partial charge is 0.480 e. The zero-order valence-electron chi connectivity index (χ0n) is 10.1. The third kappa shape index (κ3) is 3.67. The Morgan fingerprint density at radius 2 is 2.12 bits per heavy atom. The standard InChI is InChI=1S/C11H20N2O4/c1-6-4-3-5-12-8(6)10(15)13-9(7(2)14)11(16)17/h6-9,12,14H,3-5H2,1-2H3,(H,13,15)(H,16,17)/t6?,7-,8?,9+/m1/s1. The van der Waals surface area contributed by atoms with Crippen LogP contribution in [0.15, 0.2) is 0 Å². The Balaban J connectivity index is 2.60. The van der Waals surface area contributed by atoms with Crippen molar-refractivity contribution in [3.05, 3.63) is 0 Å². The number of aliphatic hydroxyl groups excluding tert-OH is 1. The molecule has 1 amide bonds. The fourth-order valence-electron chi connectivity index (χ4n) is 2.03. The van der Waals surface area contributed by atoms with Crippen LogP contribution in [0.3, 0.4) is 0 Å². The number of piperidine rings is 1. The summed E-state index contributed by atoms with van der Waals surface area (Å²) in [4.78, 5) is 22.7. The van der Waals surface area contributed by atoms with E-state index < -0.39 is 18.1 Å². The zero-order chi connectivity index (χ0) is 13.0. The molecule has 1 aliphatic heterocycles. The number of hydrogen-bond donors (Lipinski definition) is 4. The first-order chi connectivity index (χ1) is 7.93. The summed E-state index contributed by atoms with van der Waals surface area (Å²) in [6, 6.07) is -1.62. The van der Waals surface area contributed by atoms with Crippen molar-refractivity contribution in [1.29, 1.82) is 0 Å². The van der Waals surface area contributed by atoms with Gasteiger partial charge in [-0.2, -0.15) is 0 Å². The normalized spacial score (nSPS) is 28.2. The van der Waals surface area contributed by atoms with Gasteiger partial charge in [0.15, 0.2) is 6.04 Å². The zero-order valence-corrected chi connectivity index (χ0v) is 10.1. The molecule has 4 N–H and O–H groups in total. The minimum Gasteiger partial charge on any atom is -0.480 e. The maximum Gasteiger partial charge on any atom is 0.328 e. The highest BCUT2D eigenvalue weighted by atomic mass is 16.4. The van der Waals surface area contributed by atoms with Gasteiger partial charge in [-0.3, -0.25) is 4.79 Å². The quantitative estimate of drug-likeness (QED) is 0.525. The number of carboxylic acid groups (broad SMARTS) is 1. The van der Waals surface area contributed by atoms with Gasteiger partial charge in [-0.15, -0.1) is 0 Å². The Bertz CT molecular complexity index is 293. The van der Waals surface area contributed by atoms with Gasteiger partial charge in [0.2, 0.25) is 5.91 Å². The van der Waals surface area contributed by atoms with Crippen LogP contribution >= 0.6 is 0 Å². The molecule has 1 aliphatic rings. The predicted octanol–water partition coefficient (Wildman–Crippen LogP) is -0.675. The van der Waals surface area contributed by atoms with Crippen LogP contribution in [0.1, 0.15) is 26.7 Å². The molecule has 0 spiro atoms. The van der Waals surface area contributed by atoms with Crippen molar-refractivity contribution in [2.45, 2.75) is 44.9 Å².